The van der Waals surface area contributed by atoms with E-state index in [0.29, 0.717) is 26.6 Å². The predicted octanol–water partition coefficient (Wildman–Crippen LogP) is 5.60. The Hall–Kier alpha value is -1.23. The van der Waals surface area contributed by atoms with E-state index in [0.717, 1.165) is 10.0 Å². The van der Waals surface area contributed by atoms with Crippen LogP contribution in [0.25, 0.3) is 22.1 Å². The largest absolute Gasteiger partial charge is 0.449 e. The fourth-order valence-corrected chi connectivity index (χ4v) is 3.23. The minimum atomic E-state index is -0.0378. The molecule has 0 aliphatic heterocycles. The summed E-state index contributed by atoms with van der Waals surface area (Å²) in [5, 5.41) is 1.81. The Balaban J connectivity index is 2.37. The Morgan fingerprint density at radius 3 is 2.52 bits per heavy atom. The topological polar surface area (TPSA) is 30.2 Å². The molecule has 3 aromatic rings. The molecule has 0 saturated carbocycles. The first-order chi connectivity index (χ1) is 10.1. The summed E-state index contributed by atoms with van der Waals surface area (Å²) in [5.41, 5.74) is 1.93. The smallest absolute Gasteiger partial charge is 0.201 e. The Morgan fingerprint density at radius 2 is 1.86 bits per heavy atom. The van der Waals surface area contributed by atoms with Crippen molar-refractivity contribution in [2.24, 2.45) is 0 Å². The molecular formula is C16H10BrClO2S. The summed E-state index contributed by atoms with van der Waals surface area (Å²) in [5.74, 6) is 0. The van der Waals surface area contributed by atoms with Gasteiger partial charge in [0, 0.05) is 9.50 Å². The van der Waals surface area contributed by atoms with Gasteiger partial charge in [-0.3, -0.25) is 4.79 Å². The molecule has 0 atom stereocenters. The van der Waals surface area contributed by atoms with Crippen LogP contribution in [0.2, 0.25) is 5.02 Å². The van der Waals surface area contributed by atoms with Crippen molar-refractivity contribution < 1.29 is 4.42 Å². The van der Waals surface area contributed by atoms with E-state index in [4.69, 9.17) is 16.0 Å². The summed E-state index contributed by atoms with van der Waals surface area (Å²) in [6.07, 6.45) is 1.89. The summed E-state index contributed by atoms with van der Waals surface area (Å²) in [6, 6.07) is 12.6. The molecule has 2 nitrogen and oxygen atoms in total. The average Bonchev–Trinajstić information content (AvgIpc) is 2.49. The maximum absolute atomic E-state index is 12.8. The second-order valence-electron chi connectivity index (χ2n) is 4.45. The monoisotopic (exact) mass is 380 g/mol. The lowest BCUT2D eigenvalue weighted by molar-refractivity contribution is 0.504. The molecule has 0 spiro atoms. The molecule has 0 aliphatic rings. The van der Waals surface area contributed by atoms with Gasteiger partial charge in [0.2, 0.25) is 5.43 Å². The molecule has 0 bridgehead atoms. The molecular weight excluding hydrogens is 372 g/mol. The van der Waals surface area contributed by atoms with E-state index in [-0.39, 0.29) is 5.43 Å². The molecule has 3 rings (SSSR count). The lowest BCUT2D eigenvalue weighted by Crippen LogP contribution is -2.06. The number of hydrogen-bond acceptors (Lipinski definition) is 3. The van der Waals surface area contributed by atoms with E-state index in [1.54, 1.807) is 24.3 Å². The maximum atomic E-state index is 12.8. The first-order valence-electron chi connectivity index (χ1n) is 6.16. The van der Waals surface area contributed by atoms with E-state index < -0.39 is 0 Å². The molecule has 0 fully saturated rings. The van der Waals surface area contributed by atoms with Crippen molar-refractivity contribution in [2.75, 3.05) is 6.26 Å². The molecule has 0 amide bonds. The molecule has 21 heavy (non-hydrogen) atoms. The Morgan fingerprint density at radius 1 is 1.14 bits per heavy atom. The van der Waals surface area contributed by atoms with Gasteiger partial charge < -0.3 is 4.42 Å². The molecule has 0 N–H and O–H groups in total. The summed E-state index contributed by atoms with van der Waals surface area (Å²) in [4.78, 5) is 12.8. The lowest BCUT2D eigenvalue weighted by Gasteiger charge is -2.08. The number of halogens is 2. The van der Waals surface area contributed by atoms with Crippen molar-refractivity contribution in [3.63, 3.8) is 0 Å². The lowest BCUT2D eigenvalue weighted by atomic mass is 10.1. The quantitative estimate of drug-likeness (QED) is 0.541. The van der Waals surface area contributed by atoms with E-state index in [9.17, 15) is 4.79 Å². The predicted molar refractivity (Wildman–Crippen MR) is 92.4 cm³/mol. The van der Waals surface area contributed by atoms with Crippen LogP contribution in [-0.2, 0) is 0 Å². The molecule has 106 valence electrons. The number of rotatable bonds is 2. The van der Waals surface area contributed by atoms with Crippen molar-refractivity contribution in [3.05, 3.63) is 62.2 Å². The van der Waals surface area contributed by atoms with E-state index in [2.05, 4.69) is 15.9 Å². The number of hydrogen-bond donors (Lipinski definition) is 0. The molecule has 1 heterocycles. The van der Waals surface area contributed by atoms with Crippen molar-refractivity contribution in [2.45, 2.75) is 5.09 Å². The zero-order chi connectivity index (χ0) is 15.0. The van der Waals surface area contributed by atoms with Crippen LogP contribution in [0.3, 0.4) is 0 Å². The normalized spacial score (nSPS) is 11.0. The van der Waals surface area contributed by atoms with Crippen LogP contribution in [0.4, 0.5) is 0 Å². The fourth-order valence-electron chi connectivity index (χ4n) is 2.16. The summed E-state index contributed by atoms with van der Waals surface area (Å²) >= 11 is 10.7. The van der Waals surface area contributed by atoms with Gasteiger partial charge in [-0.25, -0.2) is 0 Å². The third-order valence-corrected chi connectivity index (χ3v) is 4.54. The maximum Gasteiger partial charge on any atom is 0.201 e. The Kier molecular flexibility index (Phi) is 4.11. The van der Waals surface area contributed by atoms with E-state index >= 15 is 0 Å². The molecule has 1 aromatic heterocycles. The van der Waals surface area contributed by atoms with Gasteiger partial charge in [0.05, 0.1) is 10.9 Å². The van der Waals surface area contributed by atoms with Crippen molar-refractivity contribution >= 4 is 50.3 Å². The Labute approximate surface area is 139 Å². The van der Waals surface area contributed by atoms with Gasteiger partial charge in [0.1, 0.15) is 5.58 Å². The molecule has 0 aliphatic carbocycles. The van der Waals surface area contributed by atoms with Gasteiger partial charge in [-0.2, -0.15) is 0 Å². The highest BCUT2D eigenvalue weighted by molar-refractivity contribution is 9.10. The van der Waals surface area contributed by atoms with E-state index in [1.165, 1.54) is 11.8 Å². The van der Waals surface area contributed by atoms with Crippen molar-refractivity contribution in [1.29, 1.82) is 0 Å². The van der Waals surface area contributed by atoms with Crippen LogP contribution in [-0.4, -0.2) is 6.26 Å². The first-order valence-corrected chi connectivity index (χ1v) is 8.56. The molecule has 0 radical (unpaired) electrons. The molecule has 0 saturated heterocycles. The third kappa shape index (κ3) is 2.76. The van der Waals surface area contributed by atoms with Crippen LogP contribution >= 0.6 is 39.3 Å². The number of benzene rings is 2. The van der Waals surface area contributed by atoms with Crippen molar-refractivity contribution in [3.8, 4) is 11.1 Å². The van der Waals surface area contributed by atoms with Crippen LogP contribution in [0.5, 0.6) is 0 Å². The van der Waals surface area contributed by atoms with Gasteiger partial charge in [-0.05, 0) is 42.2 Å². The zero-order valence-electron chi connectivity index (χ0n) is 11.0. The van der Waals surface area contributed by atoms with Crippen LogP contribution in [0.15, 0.2) is 61.2 Å². The molecule has 0 unspecified atom stereocenters. The number of fused-ring (bicyclic) bond motifs is 1. The van der Waals surface area contributed by atoms with Gasteiger partial charge >= 0.3 is 0 Å². The summed E-state index contributed by atoms with van der Waals surface area (Å²) in [7, 11) is 0. The van der Waals surface area contributed by atoms with Gasteiger partial charge in [0.15, 0.2) is 5.09 Å². The minimum absolute atomic E-state index is 0.0378. The second kappa shape index (κ2) is 5.87. The van der Waals surface area contributed by atoms with Crippen LogP contribution in [0.1, 0.15) is 0 Å². The van der Waals surface area contributed by atoms with Gasteiger partial charge in [0.25, 0.3) is 0 Å². The standard InChI is InChI=1S/C16H10BrClO2S/c1-21-16-14(9-2-5-11(18)6-3-9)15(19)12-8-10(17)4-7-13(12)20-16/h2-8H,1H3. The highest BCUT2D eigenvalue weighted by Crippen LogP contribution is 2.31. The van der Waals surface area contributed by atoms with Gasteiger partial charge in [-0.1, -0.05) is 51.4 Å². The first kappa shape index (κ1) is 14.7. The highest BCUT2D eigenvalue weighted by Gasteiger charge is 2.15. The number of thioether (sulfide) groups is 1. The zero-order valence-corrected chi connectivity index (χ0v) is 14.2. The van der Waals surface area contributed by atoms with Crippen molar-refractivity contribution in [1.82, 2.24) is 0 Å². The SMILES string of the molecule is CSc1oc2ccc(Br)cc2c(=O)c1-c1ccc(Cl)cc1. The van der Waals surface area contributed by atoms with Crippen LogP contribution < -0.4 is 5.43 Å². The minimum Gasteiger partial charge on any atom is -0.449 e. The summed E-state index contributed by atoms with van der Waals surface area (Å²) < 4.78 is 6.72. The molecule has 2 aromatic carbocycles. The molecule has 5 heteroatoms. The van der Waals surface area contributed by atoms with Crippen LogP contribution in [0, 0.1) is 0 Å². The van der Waals surface area contributed by atoms with Gasteiger partial charge in [-0.15, -0.1) is 0 Å². The Bertz CT molecular complexity index is 872. The fraction of sp³-hybridized carbons (Fsp3) is 0.0625. The second-order valence-corrected chi connectivity index (χ2v) is 6.58. The third-order valence-electron chi connectivity index (χ3n) is 3.14. The summed E-state index contributed by atoms with van der Waals surface area (Å²) in [6.45, 7) is 0. The van der Waals surface area contributed by atoms with E-state index in [1.807, 2.05) is 24.5 Å². The average molecular weight is 382 g/mol. The highest BCUT2D eigenvalue weighted by atomic mass is 79.9.